The molecule has 1 fully saturated rings. The summed E-state index contributed by atoms with van der Waals surface area (Å²) >= 11 is 2.64. The number of piperidine rings is 1. The highest BCUT2D eigenvalue weighted by molar-refractivity contribution is 7.99. The van der Waals surface area contributed by atoms with Crippen LogP contribution in [0.5, 0.6) is 0 Å². The van der Waals surface area contributed by atoms with Crippen molar-refractivity contribution in [1.82, 2.24) is 14.5 Å². The summed E-state index contributed by atoms with van der Waals surface area (Å²) in [4.78, 5) is 44.7. The van der Waals surface area contributed by atoms with Gasteiger partial charge in [-0.2, -0.15) is 0 Å². The second kappa shape index (κ2) is 10.8. The number of likely N-dealkylation sites (tertiary alicyclic amines) is 1. The SMILES string of the molecule is CCOC(=O)N1CCC(n2c(SCC(=O)Nc3c(C)cc(C)cc3C)nc3ccsc3c2=O)CC1. The van der Waals surface area contributed by atoms with Crippen LogP contribution in [0.4, 0.5) is 10.5 Å². The van der Waals surface area contributed by atoms with E-state index in [0.717, 1.165) is 22.4 Å². The predicted molar refractivity (Wildman–Crippen MR) is 141 cm³/mol. The molecule has 0 atom stereocenters. The maximum absolute atomic E-state index is 13.4. The highest BCUT2D eigenvalue weighted by atomic mass is 32.2. The average Bonchev–Trinajstić information content (AvgIpc) is 3.29. The molecule has 0 unspecified atom stereocenters. The molecule has 2 aromatic heterocycles. The van der Waals surface area contributed by atoms with Crippen molar-refractivity contribution in [3.05, 3.63) is 50.6 Å². The number of benzene rings is 1. The predicted octanol–water partition coefficient (Wildman–Crippen LogP) is 4.91. The van der Waals surface area contributed by atoms with Crippen LogP contribution in [-0.2, 0) is 9.53 Å². The van der Waals surface area contributed by atoms with E-state index in [2.05, 4.69) is 5.32 Å². The van der Waals surface area contributed by atoms with Gasteiger partial charge in [-0.3, -0.25) is 14.2 Å². The van der Waals surface area contributed by atoms with E-state index >= 15 is 0 Å². The lowest BCUT2D eigenvalue weighted by Crippen LogP contribution is -2.41. The third-order valence-corrected chi connectivity index (χ3v) is 7.95. The van der Waals surface area contributed by atoms with E-state index in [4.69, 9.17) is 9.72 Å². The molecule has 3 aromatic rings. The summed E-state index contributed by atoms with van der Waals surface area (Å²) < 4.78 is 7.45. The number of thioether (sulfide) groups is 1. The zero-order valence-electron chi connectivity index (χ0n) is 20.4. The number of nitrogens with zero attached hydrogens (tertiary/aromatic N) is 3. The maximum Gasteiger partial charge on any atom is 0.409 e. The number of ether oxygens (including phenoxy) is 1. The summed E-state index contributed by atoms with van der Waals surface area (Å²) in [6, 6.07) is 5.82. The van der Waals surface area contributed by atoms with Crippen molar-refractivity contribution in [2.24, 2.45) is 0 Å². The monoisotopic (exact) mass is 514 g/mol. The number of aryl methyl sites for hydroxylation is 3. The van der Waals surface area contributed by atoms with E-state index in [1.54, 1.807) is 16.4 Å². The lowest BCUT2D eigenvalue weighted by Gasteiger charge is -2.32. The fraction of sp³-hybridized carbons (Fsp3) is 0.440. The van der Waals surface area contributed by atoms with Crippen LogP contribution in [-0.4, -0.2) is 51.9 Å². The van der Waals surface area contributed by atoms with E-state index in [-0.39, 0.29) is 29.4 Å². The van der Waals surface area contributed by atoms with Crippen LogP contribution in [0.3, 0.4) is 0 Å². The van der Waals surface area contributed by atoms with Gasteiger partial charge in [0, 0.05) is 24.8 Å². The molecule has 10 heteroatoms. The first-order valence-electron chi connectivity index (χ1n) is 11.7. The van der Waals surface area contributed by atoms with E-state index < -0.39 is 0 Å². The largest absolute Gasteiger partial charge is 0.450 e. The summed E-state index contributed by atoms with van der Waals surface area (Å²) in [5.41, 5.74) is 4.57. The molecule has 0 saturated carbocycles. The van der Waals surface area contributed by atoms with E-state index in [0.29, 0.717) is 47.9 Å². The maximum atomic E-state index is 13.4. The first-order valence-corrected chi connectivity index (χ1v) is 13.6. The first-order chi connectivity index (χ1) is 16.8. The summed E-state index contributed by atoms with van der Waals surface area (Å²) in [6.45, 7) is 9.13. The fourth-order valence-corrected chi connectivity index (χ4v) is 6.16. The third kappa shape index (κ3) is 5.54. The molecular formula is C25H30N4O4S2. The third-order valence-electron chi connectivity index (χ3n) is 6.11. The van der Waals surface area contributed by atoms with Gasteiger partial charge in [0.25, 0.3) is 5.56 Å². The molecule has 2 amide bonds. The molecule has 1 aromatic carbocycles. The zero-order chi connectivity index (χ0) is 25.1. The Morgan fingerprint density at radius 3 is 2.54 bits per heavy atom. The molecule has 8 nitrogen and oxygen atoms in total. The van der Waals surface area contributed by atoms with Crippen molar-refractivity contribution in [1.29, 1.82) is 0 Å². The lowest BCUT2D eigenvalue weighted by molar-refractivity contribution is -0.113. The Morgan fingerprint density at radius 1 is 1.20 bits per heavy atom. The number of carbonyl (C=O) groups is 2. The molecule has 0 aliphatic carbocycles. The van der Waals surface area contributed by atoms with Crippen LogP contribution in [0.2, 0.25) is 0 Å². The first kappa shape index (κ1) is 25.2. The van der Waals surface area contributed by atoms with Crippen molar-refractivity contribution in [3.8, 4) is 0 Å². The van der Waals surface area contributed by atoms with Crippen LogP contribution in [0.1, 0.15) is 42.5 Å². The molecule has 1 saturated heterocycles. The molecule has 0 bridgehead atoms. The fourth-order valence-electron chi connectivity index (χ4n) is 4.53. The summed E-state index contributed by atoms with van der Waals surface area (Å²) in [5, 5.41) is 5.41. The smallest absolute Gasteiger partial charge is 0.409 e. The highest BCUT2D eigenvalue weighted by Crippen LogP contribution is 2.29. The quantitative estimate of drug-likeness (QED) is 0.371. The Bertz CT molecular complexity index is 1290. The summed E-state index contributed by atoms with van der Waals surface area (Å²) in [5.74, 6) is -0.00957. The number of fused-ring (bicyclic) bond motifs is 1. The number of hydrogen-bond acceptors (Lipinski definition) is 7. The van der Waals surface area contributed by atoms with Crippen LogP contribution >= 0.6 is 23.1 Å². The second-order valence-electron chi connectivity index (χ2n) is 8.73. The number of carbonyl (C=O) groups excluding carboxylic acids is 2. The van der Waals surface area contributed by atoms with Gasteiger partial charge in [-0.15, -0.1) is 11.3 Å². The molecule has 4 rings (SSSR count). The average molecular weight is 515 g/mol. The number of rotatable bonds is 6. The van der Waals surface area contributed by atoms with E-state index in [1.165, 1.54) is 23.1 Å². The molecule has 35 heavy (non-hydrogen) atoms. The van der Waals surface area contributed by atoms with Gasteiger partial charge in [-0.1, -0.05) is 29.5 Å². The number of hydrogen-bond donors (Lipinski definition) is 1. The van der Waals surface area contributed by atoms with Gasteiger partial charge in [0.1, 0.15) is 4.70 Å². The molecule has 186 valence electrons. The molecular weight excluding hydrogens is 484 g/mol. The Balaban J connectivity index is 1.53. The number of nitrogens with one attached hydrogen (secondary N) is 1. The molecule has 0 radical (unpaired) electrons. The molecule has 1 N–H and O–H groups in total. The number of anilines is 1. The minimum atomic E-state index is -0.321. The van der Waals surface area contributed by atoms with Gasteiger partial charge >= 0.3 is 6.09 Å². The summed E-state index contributed by atoms with van der Waals surface area (Å²) in [7, 11) is 0. The van der Waals surface area contributed by atoms with Crippen LogP contribution < -0.4 is 10.9 Å². The van der Waals surface area contributed by atoms with Gasteiger partial charge in [-0.25, -0.2) is 9.78 Å². The number of thiophene rings is 1. The van der Waals surface area contributed by atoms with E-state index in [9.17, 15) is 14.4 Å². The van der Waals surface area contributed by atoms with Gasteiger partial charge in [0.2, 0.25) is 5.91 Å². The minimum absolute atomic E-state index is 0.0901. The zero-order valence-corrected chi connectivity index (χ0v) is 22.1. The Hall–Kier alpha value is -2.85. The number of aromatic nitrogens is 2. The van der Waals surface area contributed by atoms with Crippen LogP contribution in [0.15, 0.2) is 33.5 Å². The van der Waals surface area contributed by atoms with Crippen LogP contribution in [0, 0.1) is 20.8 Å². The second-order valence-corrected chi connectivity index (χ2v) is 10.6. The van der Waals surface area contributed by atoms with Crippen molar-refractivity contribution < 1.29 is 14.3 Å². The molecule has 3 heterocycles. The van der Waals surface area contributed by atoms with Crippen molar-refractivity contribution in [3.63, 3.8) is 0 Å². The van der Waals surface area contributed by atoms with Gasteiger partial charge in [-0.05, 0) is 63.1 Å². The van der Waals surface area contributed by atoms with Crippen molar-refractivity contribution >= 4 is 51.0 Å². The topological polar surface area (TPSA) is 93.5 Å². The molecule has 1 aliphatic heterocycles. The van der Waals surface area contributed by atoms with Crippen LogP contribution in [0.25, 0.3) is 10.2 Å². The van der Waals surface area contributed by atoms with Gasteiger partial charge in [0.05, 0.1) is 17.9 Å². The number of amides is 2. The van der Waals surface area contributed by atoms with E-state index in [1.807, 2.05) is 44.4 Å². The lowest BCUT2D eigenvalue weighted by atomic mass is 10.1. The standard InChI is InChI=1S/C25H30N4O4S2/c1-5-33-25(32)28-9-6-18(7-10-28)29-23(31)22-19(8-11-34-22)26-24(29)35-14-20(30)27-21-16(3)12-15(2)13-17(21)4/h8,11-13,18H,5-7,9-10,14H2,1-4H3,(H,27,30). The van der Waals surface area contributed by atoms with Crippen molar-refractivity contribution in [2.75, 3.05) is 30.8 Å². The normalized spacial score (nSPS) is 14.3. The minimum Gasteiger partial charge on any atom is -0.450 e. The van der Waals surface area contributed by atoms with Gasteiger partial charge in [0.15, 0.2) is 5.16 Å². The highest BCUT2D eigenvalue weighted by Gasteiger charge is 2.28. The Kier molecular flexibility index (Phi) is 7.81. The van der Waals surface area contributed by atoms with Crippen molar-refractivity contribution in [2.45, 2.75) is 51.7 Å². The Morgan fingerprint density at radius 2 is 1.89 bits per heavy atom. The summed E-state index contributed by atoms with van der Waals surface area (Å²) in [6.07, 6.45) is 0.926. The Labute approximate surface area is 212 Å². The molecule has 0 spiro atoms. The molecule has 1 aliphatic rings. The van der Waals surface area contributed by atoms with Gasteiger partial charge < -0.3 is 15.0 Å².